The number of halogens is 3. The number of rotatable bonds is 6. The average Bonchev–Trinajstić information content (AvgIpc) is 3.00. The molecule has 0 saturated carbocycles. The zero-order valence-electron chi connectivity index (χ0n) is 13.0. The number of hydrogen-bond donors (Lipinski definition) is 1. The minimum atomic E-state index is -4.38. The van der Waals surface area contributed by atoms with E-state index in [2.05, 4.69) is 5.32 Å². The summed E-state index contributed by atoms with van der Waals surface area (Å²) >= 11 is 5.12. The van der Waals surface area contributed by atoms with Crippen LogP contribution in [0.3, 0.4) is 0 Å². The molecule has 24 heavy (non-hydrogen) atoms. The predicted molar refractivity (Wildman–Crippen MR) is 89.0 cm³/mol. The number of hydrogen-bond acceptors (Lipinski definition) is 3. The van der Waals surface area contributed by atoms with E-state index in [-0.39, 0.29) is 11.7 Å². The van der Waals surface area contributed by atoms with Crippen LogP contribution in [0.2, 0.25) is 0 Å². The lowest BCUT2D eigenvalue weighted by Gasteiger charge is -2.26. The Morgan fingerprint density at radius 2 is 1.96 bits per heavy atom. The molecule has 4 nitrogen and oxygen atoms in total. The van der Waals surface area contributed by atoms with Gasteiger partial charge in [-0.05, 0) is 55.5 Å². The van der Waals surface area contributed by atoms with Crippen LogP contribution in [0.15, 0.2) is 47.1 Å². The quantitative estimate of drug-likeness (QED) is 0.773. The summed E-state index contributed by atoms with van der Waals surface area (Å²) in [5.74, 6) is 1.08. The molecule has 0 aliphatic carbocycles. The minimum Gasteiger partial charge on any atom is -0.494 e. The second-order valence-electron chi connectivity index (χ2n) is 4.94. The monoisotopic (exact) mass is 358 g/mol. The standard InChI is InChI=1S/C16H17F3N2O2S/c1-2-22-13-7-5-12(6-8-13)20-15(24)21(11-16(17,18)19)10-14-4-3-9-23-14/h3-9H,2,10-11H2,1H3,(H,20,24). The second kappa shape index (κ2) is 8.05. The largest absolute Gasteiger partial charge is 0.494 e. The normalized spacial score (nSPS) is 11.2. The Morgan fingerprint density at radius 3 is 2.50 bits per heavy atom. The van der Waals surface area contributed by atoms with Crippen molar-refractivity contribution in [3.63, 3.8) is 0 Å². The van der Waals surface area contributed by atoms with Gasteiger partial charge in [0, 0.05) is 5.69 Å². The van der Waals surface area contributed by atoms with Crippen molar-refractivity contribution in [3.05, 3.63) is 48.4 Å². The van der Waals surface area contributed by atoms with E-state index in [0.29, 0.717) is 23.8 Å². The first kappa shape index (κ1) is 18.1. The van der Waals surface area contributed by atoms with E-state index in [9.17, 15) is 13.2 Å². The van der Waals surface area contributed by atoms with Gasteiger partial charge in [0.15, 0.2) is 5.11 Å². The summed E-state index contributed by atoms with van der Waals surface area (Å²) in [6.45, 7) is 1.16. The fraction of sp³-hybridized carbons (Fsp3) is 0.312. The number of benzene rings is 1. The van der Waals surface area contributed by atoms with Gasteiger partial charge >= 0.3 is 6.18 Å². The first-order chi connectivity index (χ1) is 11.4. The highest BCUT2D eigenvalue weighted by Crippen LogP contribution is 2.21. The molecule has 0 unspecified atom stereocenters. The molecule has 1 N–H and O–H groups in total. The molecule has 0 aliphatic rings. The summed E-state index contributed by atoms with van der Waals surface area (Å²) in [7, 11) is 0. The zero-order valence-corrected chi connectivity index (χ0v) is 13.8. The molecule has 1 aromatic carbocycles. The van der Waals surface area contributed by atoms with Crippen LogP contribution in [0, 0.1) is 0 Å². The number of anilines is 1. The Balaban J connectivity index is 2.05. The van der Waals surface area contributed by atoms with Crippen LogP contribution in [0.4, 0.5) is 18.9 Å². The molecule has 1 heterocycles. The molecule has 0 amide bonds. The van der Waals surface area contributed by atoms with Crippen LogP contribution in [-0.4, -0.2) is 29.3 Å². The van der Waals surface area contributed by atoms with E-state index in [1.165, 1.54) is 6.26 Å². The predicted octanol–water partition coefficient (Wildman–Crippen LogP) is 4.44. The smallest absolute Gasteiger partial charge is 0.406 e. The zero-order chi connectivity index (χ0) is 17.6. The van der Waals surface area contributed by atoms with Crippen molar-refractivity contribution in [1.82, 2.24) is 4.90 Å². The third-order valence-corrected chi connectivity index (χ3v) is 3.36. The van der Waals surface area contributed by atoms with Gasteiger partial charge < -0.3 is 19.4 Å². The lowest BCUT2D eigenvalue weighted by atomic mass is 10.3. The fourth-order valence-corrected chi connectivity index (χ4v) is 2.26. The minimum absolute atomic E-state index is 0.0344. The molecule has 0 fully saturated rings. The number of nitrogens with zero attached hydrogens (tertiary/aromatic N) is 1. The van der Waals surface area contributed by atoms with Crippen molar-refractivity contribution in [2.75, 3.05) is 18.5 Å². The number of furan rings is 1. The molecule has 0 spiro atoms. The first-order valence-electron chi connectivity index (χ1n) is 7.25. The molecule has 0 aliphatic heterocycles. The van der Waals surface area contributed by atoms with Crippen molar-refractivity contribution in [2.45, 2.75) is 19.6 Å². The van der Waals surface area contributed by atoms with Gasteiger partial charge in [0.1, 0.15) is 18.1 Å². The summed E-state index contributed by atoms with van der Waals surface area (Å²) in [5.41, 5.74) is 0.579. The topological polar surface area (TPSA) is 37.6 Å². The van der Waals surface area contributed by atoms with Crippen LogP contribution in [-0.2, 0) is 6.54 Å². The van der Waals surface area contributed by atoms with Crippen molar-refractivity contribution < 1.29 is 22.3 Å². The summed E-state index contributed by atoms with van der Waals surface area (Å²) in [5, 5.41) is 2.77. The first-order valence-corrected chi connectivity index (χ1v) is 7.66. The number of alkyl halides is 3. The highest BCUT2D eigenvalue weighted by molar-refractivity contribution is 7.80. The Hall–Kier alpha value is -2.22. The van der Waals surface area contributed by atoms with Crippen LogP contribution in [0.1, 0.15) is 12.7 Å². The Morgan fingerprint density at radius 1 is 1.25 bits per heavy atom. The summed E-state index contributed by atoms with van der Waals surface area (Å²) in [6, 6.07) is 10.0. The molecule has 0 atom stereocenters. The molecule has 0 radical (unpaired) electrons. The summed E-state index contributed by atoms with van der Waals surface area (Å²) in [6.07, 6.45) is -2.97. The molecule has 0 saturated heterocycles. The van der Waals surface area contributed by atoms with Crippen molar-refractivity contribution in [1.29, 1.82) is 0 Å². The van der Waals surface area contributed by atoms with E-state index in [0.717, 1.165) is 4.90 Å². The van der Waals surface area contributed by atoms with Gasteiger partial charge in [0.25, 0.3) is 0 Å². The third kappa shape index (κ3) is 5.77. The number of ether oxygens (including phenoxy) is 1. The lowest BCUT2D eigenvalue weighted by molar-refractivity contribution is -0.138. The molecular weight excluding hydrogens is 341 g/mol. The molecule has 0 bridgehead atoms. The Bertz CT molecular complexity index is 642. The van der Waals surface area contributed by atoms with Gasteiger partial charge in [0.2, 0.25) is 0 Å². The average molecular weight is 358 g/mol. The molecule has 130 valence electrons. The molecule has 1 aromatic heterocycles. The Labute approximate surface area is 143 Å². The number of thiocarbonyl (C=S) groups is 1. The van der Waals surface area contributed by atoms with Crippen LogP contribution in [0.5, 0.6) is 5.75 Å². The summed E-state index contributed by atoms with van der Waals surface area (Å²) in [4.78, 5) is 1.00. The van der Waals surface area contributed by atoms with E-state index in [4.69, 9.17) is 21.4 Å². The van der Waals surface area contributed by atoms with Crippen molar-refractivity contribution >= 4 is 23.0 Å². The van der Waals surface area contributed by atoms with Crippen molar-refractivity contribution in [2.24, 2.45) is 0 Å². The van der Waals surface area contributed by atoms with E-state index >= 15 is 0 Å². The van der Waals surface area contributed by atoms with Gasteiger partial charge in [-0.2, -0.15) is 13.2 Å². The fourth-order valence-electron chi connectivity index (χ4n) is 2.01. The maximum absolute atomic E-state index is 12.8. The molecule has 8 heteroatoms. The third-order valence-electron chi connectivity index (χ3n) is 3.00. The van der Waals surface area contributed by atoms with Gasteiger partial charge in [-0.25, -0.2) is 0 Å². The molecular formula is C16H17F3N2O2S. The van der Waals surface area contributed by atoms with E-state index in [1.54, 1.807) is 36.4 Å². The van der Waals surface area contributed by atoms with E-state index in [1.807, 2.05) is 6.92 Å². The maximum atomic E-state index is 12.8. The summed E-state index contributed by atoms with van der Waals surface area (Å²) < 4.78 is 48.8. The van der Waals surface area contributed by atoms with Crippen LogP contribution < -0.4 is 10.1 Å². The van der Waals surface area contributed by atoms with Crippen LogP contribution >= 0.6 is 12.2 Å². The molecule has 2 aromatic rings. The van der Waals surface area contributed by atoms with Gasteiger partial charge in [-0.3, -0.25) is 0 Å². The van der Waals surface area contributed by atoms with Gasteiger partial charge in [-0.15, -0.1) is 0 Å². The second-order valence-corrected chi connectivity index (χ2v) is 5.32. The van der Waals surface area contributed by atoms with Crippen molar-refractivity contribution in [3.8, 4) is 5.75 Å². The van der Waals surface area contributed by atoms with Gasteiger partial charge in [-0.1, -0.05) is 0 Å². The van der Waals surface area contributed by atoms with Gasteiger partial charge in [0.05, 0.1) is 19.4 Å². The lowest BCUT2D eigenvalue weighted by Crippen LogP contribution is -2.40. The maximum Gasteiger partial charge on any atom is 0.406 e. The van der Waals surface area contributed by atoms with Crippen LogP contribution in [0.25, 0.3) is 0 Å². The van der Waals surface area contributed by atoms with E-state index < -0.39 is 12.7 Å². The highest BCUT2D eigenvalue weighted by Gasteiger charge is 2.32. The highest BCUT2D eigenvalue weighted by atomic mass is 32.1. The Kier molecular flexibility index (Phi) is 6.08. The SMILES string of the molecule is CCOc1ccc(NC(=S)N(Cc2ccco2)CC(F)(F)F)cc1. The molecule has 2 rings (SSSR count). The number of nitrogens with one attached hydrogen (secondary N) is 1.